The number of halogens is 1. The zero-order valence-electron chi connectivity index (χ0n) is 7.74. The molecule has 0 amide bonds. The number of anilines is 1. The predicted octanol–water partition coefficient (Wildman–Crippen LogP) is 1.70. The van der Waals surface area contributed by atoms with Crippen LogP contribution in [-0.4, -0.2) is 25.7 Å². The molecule has 0 radical (unpaired) electrons. The van der Waals surface area contributed by atoms with Crippen molar-refractivity contribution >= 4 is 23.3 Å². The van der Waals surface area contributed by atoms with Crippen molar-refractivity contribution in [1.82, 2.24) is 0 Å². The van der Waals surface area contributed by atoms with Crippen molar-refractivity contribution in [2.75, 3.05) is 18.6 Å². The minimum absolute atomic E-state index is 0.153. The normalized spacial score (nSPS) is 19.3. The van der Waals surface area contributed by atoms with Gasteiger partial charge in [-0.1, -0.05) is 23.7 Å². The summed E-state index contributed by atoms with van der Waals surface area (Å²) in [5.41, 5.74) is 0.893. The van der Waals surface area contributed by atoms with Gasteiger partial charge in [-0.2, -0.15) is 0 Å². The average Bonchev–Trinajstić information content (AvgIpc) is 2.97. The number of hydrogen-bond donors (Lipinski definition) is 0. The molecular formula is C10H10ClNO2. The van der Waals surface area contributed by atoms with Gasteiger partial charge in [-0.25, -0.2) is 4.79 Å². The highest BCUT2D eigenvalue weighted by atomic mass is 35.5. The monoisotopic (exact) mass is 211 g/mol. The molecule has 1 aromatic carbocycles. The number of benzene rings is 1. The molecule has 0 saturated carbocycles. The summed E-state index contributed by atoms with van der Waals surface area (Å²) in [6.07, 6.45) is 0. The number of methoxy groups -OCH3 is 1. The molecule has 1 atom stereocenters. The zero-order valence-corrected chi connectivity index (χ0v) is 8.49. The molecule has 0 bridgehead atoms. The van der Waals surface area contributed by atoms with Gasteiger partial charge in [0.1, 0.15) is 6.04 Å². The maximum Gasteiger partial charge on any atom is 0.330 e. The second-order valence-corrected chi connectivity index (χ2v) is 3.55. The molecule has 14 heavy (non-hydrogen) atoms. The fraction of sp³-hybridized carbons (Fsp3) is 0.300. The third-order valence-corrected chi connectivity index (χ3v) is 2.57. The maximum atomic E-state index is 11.2. The van der Waals surface area contributed by atoms with Gasteiger partial charge in [0.25, 0.3) is 0 Å². The summed E-state index contributed by atoms with van der Waals surface area (Å²) in [4.78, 5) is 13.1. The smallest absolute Gasteiger partial charge is 0.330 e. The van der Waals surface area contributed by atoms with Crippen LogP contribution >= 0.6 is 11.6 Å². The van der Waals surface area contributed by atoms with Gasteiger partial charge in [0.05, 0.1) is 24.4 Å². The van der Waals surface area contributed by atoms with E-state index in [-0.39, 0.29) is 12.0 Å². The van der Waals surface area contributed by atoms with Crippen molar-refractivity contribution in [3.8, 4) is 0 Å². The van der Waals surface area contributed by atoms with Gasteiger partial charge in [0.15, 0.2) is 0 Å². The molecule has 3 nitrogen and oxygen atoms in total. The predicted molar refractivity (Wildman–Crippen MR) is 54.6 cm³/mol. The second-order valence-electron chi connectivity index (χ2n) is 3.14. The van der Waals surface area contributed by atoms with Crippen LogP contribution in [-0.2, 0) is 9.53 Å². The Morgan fingerprint density at radius 3 is 2.93 bits per heavy atom. The van der Waals surface area contributed by atoms with Crippen LogP contribution in [0.1, 0.15) is 0 Å². The maximum absolute atomic E-state index is 11.2. The Morgan fingerprint density at radius 1 is 1.57 bits per heavy atom. The Balaban J connectivity index is 2.13. The summed E-state index contributed by atoms with van der Waals surface area (Å²) < 4.78 is 4.64. The Kier molecular flexibility index (Phi) is 2.33. The molecule has 1 unspecified atom stereocenters. The van der Waals surface area contributed by atoms with Crippen molar-refractivity contribution in [3.63, 3.8) is 0 Å². The number of hydrogen-bond acceptors (Lipinski definition) is 3. The number of rotatable bonds is 2. The fourth-order valence-electron chi connectivity index (χ4n) is 1.43. The summed E-state index contributed by atoms with van der Waals surface area (Å²) >= 11 is 5.98. The van der Waals surface area contributed by atoms with E-state index >= 15 is 0 Å². The van der Waals surface area contributed by atoms with Crippen LogP contribution in [0, 0.1) is 0 Å². The standard InChI is InChI=1S/C10H10ClNO2/c1-14-10(13)9-6-12(9)8-5-3-2-4-7(8)11/h2-5,9H,6H2,1H3. The lowest BCUT2D eigenvalue weighted by Crippen LogP contribution is -2.13. The first-order valence-corrected chi connectivity index (χ1v) is 4.71. The summed E-state index contributed by atoms with van der Waals surface area (Å²) in [6, 6.07) is 7.31. The van der Waals surface area contributed by atoms with Crippen LogP contribution in [0.4, 0.5) is 5.69 Å². The highest BCUT2D eigenvalue weighted by Gasteiger charge is 2.42. The van der Waals surface area contributed by atoms with Crippen LogP contribution in [0.3, 0.4) is 0 Å². The summed E-state index contributed by atoms with van der Waals surface area (Å²) in [6.45, 7) is 0.691. The van der Waals surface area contributed by atoms with Gasteiger partial charge in [-0.3, -0.25) is 0 Å². The summed E-state index contributed by atoms with van der Waals surface area (Å²) in [5.74, 6) is -0.204. The number of para-hydroxylation sites is 1. The van der Waals surface area contributed by atoms with Crippen molar-refractivity contribution < 1.29 is 9.53 Å². The first-order chi connectivity index (χ1) is 6.74. The van der Waals surface area contributed by atoms with Crippen LogP contribution < -0.4 is 4.90 Å². The molecular weight excluding hydrogens is 202 g/mol. The van der Waals surface area contributed by atoms with E-state index in [2.05, 4.69) is 4.74 Å². The fourth-order valence-corrected chi connectivity index (χ4v) is 1.67. The number of nitrogens with zero attached hydrogens (tertiary/aromatic N) is 1. The Bertz CT molecular complexity index is 367. The largest absolute Gasteiger partial charge is 0.467 e. The molecule has 1 aliphatic heterocycles. The zero-order chi connectivity index (χ0) is 10.1. The first kappa shape index (κ1) is 9.34. The molecule has 0 spiro atoms. The van der Waals surface area contributed by atoms with E-state index in [1.807, 2.05) is 29.2 Å². The number of carbonyl (C=O) groups is 1. The minimum Gasteiger partial charge on any atom is -0.467 e. The van der Waals surface area contributed by atoms with Crippen LogP contribution in [0.5, 0.6) is 0 Å². The van der Waals surface area contributed by atoms with Crippen molar-refractivity contribution in [2.24, 2.45) is 0 Å². The second kappa shape index (κ2) is 3.50. The topological polar surface area (TPSA) is 29.3 Å². The molecule has 0 aromatic heterocycles. The lowest BCUT2D eigenvalue weighted by molar-refractivity contribution is -0.139. The van der Waals surface area contributed by atoms with E-state index in [9.17, 15) is 4.79 Å². The van der Waals surface area contributed by atoms with Crippen LogP contribution in [0.25, 0.3) is 0 Å². The van der Waals surface area contributed by atoms with Gasteiger partial charge in [0, 0.05) is 0 Å². The van der Waals surface area contributed by atoms with E-state index in [0.29, 0.717) is 11.6 Å². The molecule has 74 valence electrons. The first-order valence-electron chi connectivity index (χ1n) is 4.33. The van der Waals surface area contributed by atoms with Crippen molar-refractivity contribution in [3.05, 3.63) is 29.3 Å². The molecule has 1 aromatic rings. The number of carbonyl (C=O) groups excluding carboxylic acids is 1. The van der Waals surface area contributed by atoms with Gasteiger partial charge in [-0.05, 0) is 12.1 Å². The molecule has 0 aliphatic carbocycles. The lowest BCUT2D eigenvalue weighted by atomic mass is 10.3. The highest BCUT2D eigenvalue weighted by molar-refractivity contribution is 6.33. The lowest BCUT2D eigenvalue weighted by Gasteiger charge is -2.06. The van der Waals surface area contributed by atoms with E-state index < -0.39 is 0 Å². The Morgan fingerprint density at radius 2 is 2.29 bits per heavy atom. The Labute approximate surface area is 87.2 Å². The van der Waals surface area contributed by atoms with Crippen molar-refractivity contribution in [2.45, 2.75) is 6.04 Å². The molecule has 0 N–H and O–H groups in total. The van der Waals surface area contributed by atoms with Gasteiger partial charge in [0.2, 0.25) is 0 Å². The average molecular weight is 212 g/mol. The summed E-state index contributed by atoms with van der Waals surface area (Å²) in [7, 11) is 1.39. The number of esters is 1. The molecule has 1 heterocycles. The number of ether oxygens (including phenoxy) is 1. The summed E-state index contributed by atoms with van der Waals surface area (Å²) in [5, 5.41) is 0.666. The van der Waals surface area contributed by atoms with Gasteiger partial charge in [-0.15, -0.1) is 0 Å². The SMILES string of the molecule is COC(=O)C1CN1c1ccccc1Cl. The molecule has 1 saturated heterocycles. The van der Waals surface area contributed by atoms with E-state index in [1.54, 1.807) is 0 Å². The van der Waals surface area contributed by atoms with Gasteiger partial charge >= 0.3 is 5.97 Å². The quantitative estimate of drug-likeness (QED) is 0.551. The Hall–Kier alpha value is -1.22. The highest BCUT2D eigenvalue weighted by Crippen LogP contribution is 2.34. The van der Waals surface area contributed by atoms with E-state index in [1.165, 1.54) is 7.11 Å². The van der Waals surface area contributed by atoms with Crippen LogP contribution in [0.15, 0.2) is 24.3 Å². The van der Waals surface area contributed by atoms with E-state index in [4.69, 9.17) is 11.6 Å². The molecule has 1 aliphatic rings. The molecule has 2 rings (SSSR count). The molecule has 4 heteroatoms. The van der Waals surface area contributed by atoms with Gasteiger partial charge < -0.3 is 9.64 Å². The third kappa shape index (κ3) is 1.55. The minimum atomic E-state index is -0.204. The molecule has 1 fully saturated rings. The third-order valence-electron chi connectivity index (χ3n) is 2.25. The van der Waals surface area contributed by atoms with E-state index in [0.717, 1.165) is 5.69 Å². The van der Waals surface area contributed by atoms with Crippen molar-refractivity contribution in [1.29, 1.82) is 0 Å². The van der Waals surface area contributed by atoms with Crippen LogP contribution in [0.2, 0.25) is 5.02 Å².